The van der Waals surface area contributed by atoms with Crippen LogP contribution in [0.2, 0.25) is 0 Å². The van der Waals surface area contributed by atoms with Crippen molar-refractivity contribution in [2.75, 3.05) is 11.9 Å². The van der Waals surface area contributed by atoms with Gasteiger partial charge in [-0.2, -0.15) is 5.10 Å². The summed E-state index contributed by atoms with van der Waals surface area (Å²) in [4.78, 5) is 11.7. The number of carbonyl (C=O) groups excluding carboxylic acids is 1. The van der Waals surface area contributed by atoms with Gasteiger partial charge in [-0.1, -0.05) is 33.6 Å². The number of halogens is 2. The Labute approximate surface area is 156 Å². The van der Waals surface area contributed by atoms with Gasteiger partial charge in [0.05, 0.1) is 16.3 Å². The molecule has 1 amide bonds. The highest BCUT2D eigenvalue weighted by Crippen LogP contribution is 2.27. The van der Waals surface area contributed by atoms with Gasteiger partial charge in [-0.05, 0) is 53.8 Å². The van der Waals surface area contributed by atoms with Crippen LogP contribution in [-0.4, -0.2) is 23.8 Å². The Morgan fingerprint density at radius 1 is 1.35 bits per heavy atom. The standard InChI is InChI=1S/C16H15BrIN3O2/c1-10-2-4-13(5-3-10)19-9-15(22)21-20-8-11-6-12(17)7-14(18)16(11)23/h2-8,19,23H,9H2,1H3,(H,21,22)/b20-8-. The molecule has 0 heterocycles. The number of hydrazone groups is 1. The first-order valence-corrected chi connectivity index (χ1v) is 8.63. The molecule has 5 nitrogen and oxygen atoms in total. The molecule has 0 aliphatic carbocycles. The second-order valence-corrected chi connectivity index (χ2v) is 6.92. The van der Waals surface area contributed by atoms with Crippen molar-refractivity contribution in [3.05, 3.63) is 55.6 Å². The lowest BCUT2D eigenvalue weighted by atomic mass is 10.2. The normalized spacial score (nSPS) is 10.7. The molecule has 0 aromatic heterocycles. The van der Waals surface area contributed by atoms with Crippen LogP contribution < -0.4 is 10.7 Å². The Morgan fingerprint density at radius 3 is 2.74 bits per heavy atom. The van der Waals surface area contributed by atoms with Crippen LogP contribution in [0.5, 0.6) is 5.75 Å². The number of carbonyl (C=O) groups is 1. The molecule has 3 N–H and O–H groups in total. The molecule has 0 aliphatic heterocycles. The molecule has 0 saturated carbocycles. The van der Waals surface area contributed by atoms with E-state index in [4.69, 9.17) is 0 Å². The van der Waals surface area contributed by atoms with E-state index in [1.807, 2.05) is 53.8 Å². The van der Waals surface area contributed by atoms with E-state index in [-0.39, 0.29) is 18.2 Å². The third-order valence-electron chi connectivity index (χ3n) is 2.96. The van der Waals surface area contributed by atoms with Crippen LogP contribution in [-0.2, 0) is 4.79 Å². The van der Waals surface area contributed by atoms with E-state index in [2.05, 4.69) is 31.8 Å². The number of amides is 1. The van der Waals surface area contributed by atoms with Crippen LogP contribution in [0.25, 0.3) is 0 Å². The molecular formula is C16H15BrIN3O2. The Hall–Kier alpha value is -1.61. The molecule has 23 heavy (non-hydrogen) atoms. The fourth-order valence-electron chi connectivity index (χ4n) is 1.75. The van der Waals surface area contributed by atoms with Crippen LogP contribution in [0.15, 0.2) is 46.0 Å². The number of hydrogen-bond acceptors (Lipinski definition) is 4. The maximum Gasteiger partial charge on any atom is 0.259 e. The molecule has 2 rings (SSSR count). The lowest BCUT2D eigenvalue weighted by Gasteiger charge is -2.06. The highest BCUT2D eigenvalue weighted by atomic mass is 127. The smallest absolute Gasteiger partial charge is 0.259 e. The van der Waals surface area contributed by atoms with Crippen LogP contribution >= 0.6 is 38.5 Å². The summed E-state index contributed by atoms with van der Waals surface area (Å²) in [6, 6.07) is 11.3. The van der Waals surface area contributed by atoms with Crippen LogP contribution in [0.1, 0.15) is 11.1 Å². The molecule has 120 valence electrons. The van der Waals surface area contributed by atoms with Gasteiger partial charge >= 0.3 is 0 Å². The molecule has 2 aromatic rings. The molecular weight excluding hydrogens is 473 g/mol. The second kappa shape index (κ2) is 8.30. The van der Waals surface area contributed by atoms with Crippen LogP contribution in [0.4, 0.5) is 5.69 Å². The first-order chi connectivity index (χ1) is 11.0. The summed E-state index contributed by atoms with van der Waals surface area (Å²) in [6.07, 6.45) is 1.41. The average molecular weight is 488 g/mol. The Balaban J connectivity index is 1.88. The first kappa shape index (κ1) is 17.7. The van der Waals surface area contributed by atoms with Crippen molar-refractivity contribution in [3.8, 4) is 5.75 Å². The van der Waals surface area contributed by atoms with Gasteiger partial charge in [0, 0.05) is 15.7 Å². The van der Waals surface area contributed by atoms with Crippen molar-refractivity contribution >= 4 is 56.3 Å². The summed E-state index contributed by atoms with van der Waals surface area (Å²) in [5.74, 6) is -0.143. The minimum absolute atomic E-state index is 0.113. The summed E-state index contributed by atoms with van der Waals surface area (Å²) in [5.41, 5.74) is 4.97. The van der Waals surface area contributed by atoms with Crippen molar-refractivity contribution in [2.45, 2.75) is 6.92 Å². The third kappa shape index (κ3) is 5.51. The van der Waals surface area contributed by atoms with Gasteiger partial charge in [0.15, 0.2) is 0 Å². The van der Waals surface area contributed by atoms with Crippen molar-refractivity contribution in [3.63, 3.8) is 0 Å². The highest BCUT2D eigenvalue weighted by molar-refractivity contribution is 14.1. The SMILES string of the molecule is Cc1ccc(NCC(=O)N/N=C\c2cc(Br)cc(I)c2O)cc1. The van der Waals surface area contributed by atoms with E-state index < -0.39 is 0 Å². The summed E-state index contributed by atoms with van der Waals surface area (Å²) in [7, 11) is 0. The summed E-state index contributed by atoms with van der Waals surface area (Å²) in [6.45, 7) is 2.12. The quantitative estimate of drug-likeness (QED) is 0.342. The first-order valence-electron chi connectivity index (χ1n) is 6.76. The van der Waals surface area contributed by atoms with Gasteiger partial charge in [0.1, 0.15) is 5.75 Å². The fourth-order valence-corrected chi connectivity index (χ4v) is 3.30. The van der Waals surface area contributed by atoms with E-state index in [9.17, 15) is 9.90 Å². The zero-order valence-corrected chi connectivity index (χ0v) is 16.1. The fraction of sp³-hybridized carbons (Fsp3) is 0.125. The number of nitrogens with one attached hydrogen (secondary N) is 2. The minimum atomic E-state index is -0.272. The number of nitrogens with zero attached hydrogens (tertiary/aromatic N) is 1. The zero-order chi connectivity index (χ0) is 16.8. The van der Waals surface area contributed by atoms with Gasteiger partial charge in [-0.15, -0.1) is 0 Å². The minimum Gasteiger partial charge on any atom is -0.506 e. The summed E-state index contributed by atoms with van der Waals surface area (Å²) in [5, 5.41) is 16.8. The topological polar surface area (TPSA) is 73.7 Å². The molecule has 7 heteroatoms. The van der Waals surface area contributed by atoms with Gasteiger partial charge in [0.25, 0.3) is 5.91 Å². The van der Waals surface area contributed by atoms with Gasteiger partial charge < -0.3 is 10.4 Å². The predicted molar refractivity (Wildman–Crippen MR) is 104 cm³/mol. The van der Waals surface area contributed by atoms with Gasteiger partial charge in [-0.25, -0.2) is 5.43 Å². The van der Waals surface area contributed by atoms with E-state index in [0.717, 1.165) is 15.7 Å². The largest absolute Gasteiger partial charge is 0.506 e. The van der Waals surface area contributed by atoms with Crippen molar-refractivity contribution in [2.24, 2.45) is 5.10 Å². The summed E-state index contributed by atoms with van der Waals surface area (Å²) >= 11 is 5.37. The van der Waals surface area contributed by atoms with E-state index in [0.29, 0.717) is 9.13 Å². The maximum atomic E-state index is 11.7. The number of aromatic hydroxyl groups is 1. The van der Waals surface area contributed by atoms with E-state index >= 15 is 0 Å². The lowest BCUT2D eigenvalue weighted by Crippen LogP contribution is -2.25. The van der Waals surface area contributed by atoms with Crippen molar-refractivity contribution in [1.29, 1.82) is 0 Å². The lowest BCUT2D eigenvalue weighted by molar-refractivity contribution is -0.119. The van der Waals surface area contributed by atoms with Crippen LogP contribution in [0.3, 0.4) is 0 Å². The molecule has 0 spiro atoms. The van der Waals surface area contributed by atoms with Crippen LogP contribution in [0, 0.1) is 10.5 Å². The molecule has 0 aliphatic rings. The number of anilines is 1. The maximum absolute atomic E-state index is 11.7. The van der Waals surface area contributed by atoms with E-state index in [1.165, 1.54) is 6.21 Å². The number of aryl methyl sites for hydroxylation is 1. The molecule has 0 bridgehead atoms. The van der Waals surface area contributed by atoms with Gasteiger partial charge in [-0.3, -0.25) is 4.79 Å². The monoisotopic (exact) mass is 487 g/mol. The second-order valence-electron chi connectivity index (χ2n) is 4.84. The molecule has 0 radical (unpaired) electrons. The predicted octanol–water partition coefficient (Wildman–Crippen LogP) is 3.63. The highest BCUT2D eigenvalue weighted by Gasteiger charge is 2.05. The Morgan fingerprint density at radius 2 is 2.04 bits per heavy atom. The van der Waals surface area contributed by atoms with Gasteiger partial charge in [0.2, 0.25) is 0 Å². The Kier molecular flexibility index (Phi) is 6.40. The average Bonchev–Trinajstić information content (AvgIpc) is 2.51. The van der Waals surface area contributed by atoms with Crippen molar-refractivity contribution in [1.82, 2.24) is 5.43 Å². The number of phenols is 1. The van der Waals surface area contributed by atoms with E-state index in [1.54, 1.807) is 12.1 Å². The number of hydrogen-bond donors (Lipinski definition) is 3. The molecule has 0 saturated heterocycles. The molecule has 0 atom stereocenters. The van der Waals surface area contributed by atoms with Crippen molar-refractivity contribution < 1.29 is 9.90 Å². The molecule has 0 unspecified atom stereocenters. The number of phenolic OH excluding ortho intramolecular Hbond substituents is 1. The third-order valence-corrected chi connectivity index (χ3v) is 4.24. The molecule has 0 fully saturated rings. The summed E-state index contributed by atoms with van der Waals surface area (Å²) < 4.78 is 1.53. The molecule has 2 aromatic carbocycles. The number of benzene rings is 2. The zero-order valence-electron chi connectivity index (χ0n) is 12.3. The Bertz CT molecular complexity index is 733. The number of rotatable bonds is 5.